The Labute approximate surface area is 190 Å². The predicted molar refractivity (Wildman–Crippen MR) is 129 cm³/mol. The average molecular weight is 435 g/mol. The zero-order chi connectivity index (χ0) is 22.6. The fourth-order valence-electron chi connectivity index (χ4n) is 3.59. The van der Waals surface area contributed by atoms with Gasteiger partial charge in [-0.3, -0.25) is 4.57 Å². The van der Waals surface area contributed by atoms with Gasteiger partial charge in [-0.25, -0.2) is 19.7 Å². The minimum absolute atomic E-state index is 0.260. The predicted octanol–water partition coefficient (Wildman–Crippen LogP) is 4.39. The summed E-state index contributed by atoms with van der Waals surface area (Å²) in [5, 5.41) is 5.68. The first kappa shape index (κ1) is 20.2. The van der Waals surface area contributed by atoms with E-state index in [0.29, 0.717) is 18.2 Å². The first-order valence-corrected chi connectivity index (χ1v) is 10.4. The lowest BCUT2D eigenvalue weighted by Gasteiger charge is -2.11. The van der Waals surface area contributed by atoms with Crippen LogP contribution in [0.2, 0.25) is 0 Å². The maximum absolute atomic E-state index is 12.2. The number of urea groups is 1. The number of rotatable bonds is 5. The number of imidazole rings is 1. The van der Waals surface area contributed by atoms with Crippen molar-refractivity contribution < 1.29 is 4.79 Å². The second-order valence-corrected chi connectivity index (χ2v) is 7.39. The molecular weight excluding hydrogens is 414 g/mol. The van der Waals surface area contributed by atoms with Gasteiger partial charge in [0.05, 0.1) is 5.56 Å². The lowest BCUT2D eigenvalue weighted by Crippen LogP contribution is -2.28. The molecule has 2 aromatic carbocycles. The van der Waals surface area contributed by atoms with Crippen LogP contribution >= 0.6 is 0 Å². The molecule has 8 heteroatoms. The van der Waals surface area contributed by atoms with E-state index in [1.165, 1.54) is 0 Å². The van der Waals surface area contributed by atoms with Crippen molar-refractivity contribution in [1.29, 1.82) is 0 Å². The fourth-order valence-corrected chi connectivity index (χ4v) is 3.59. The van der Waals surface area contributed by atoms with Gasteiger partial charge in [0.1, 0.15) is 11.3 Å². The van der Waals surface area contributed by atoms with E-state index in [4.69, 9.17) is 10.7 Å². The number of benzene rings is 2. The first-order valence-electron chi connectivity index (χ1n) is 10.4. The van der Waals surface area contributed by atoms with Gasteiger partial charge in [-0.1, -0.05) is 30.3 Å². The molecule has 0 fully saturated rings. The first-order chi connectivity index (χ1) is 16.2. The summed E-state index contributed by atoms with van der Waals surface area (Å²) in [5.41, 5.74) is 10.9. The molecule has 5 rings (SSSR count). The molecule has 0 unspecified atom stereocenters. The monoisotopic (exact) mass is 435 g/mol. The molecule has 0 spiro atoms. The number of para-hydroxylation sites is 1. The molecule has 3 aromatic heterocycles. The molecule has 0 aliphatic carbocycles. The average Bonchev–Trinajstić information content (AvgIpc) is 3.23. The SMILES string of the molecule is Nc1ncccc1-c1nc2cccnc2n1-c1ccc(CNC(=O)Nc2ccccc2)cc1. The van der Waals surface area contributed by atoms with Crippen LogP contribution in [0.15, 0.2) is 91.3 Å². The number of carbonyl (C=O) groups excluding carboxylic acids is 1. The van der Waals surface area contributed by atoms with Gasteiger partial charge >= 0.3 is 6.03 Å². The molecule has 5 aromatic rings. The van der Waals surface area contributed by atoms with Gasteiger partial charge in [-0.05, 0) is 54.1 Å². The van der Waals surface area contributed by atoms with E-state index in [9.17, 15) is 4.79 Å². The summed E-state index contributed by atoms with van der Waals surface area (Å²) in [4.78, 5) is 25.6. The van der Waals surface area contributed by atoms with Crippen molar-refractivity contribution in [3.63, 3.8) is 0 Å². The molecule has 0 radical (unpaired) electrons. The third kappa shape index (κ3) is 4.22. The Morgan fingerprint density at radius 3 is 2.42 bits per heavy atom. The van der Waals surface area contributed by atoms with Gasteiger partial charge in [-0.15, -0.1) is 0 Å². The number of fused-ring (bicyclic) bond motifs is 1. The van der Waals surface area contributed by atoms with Crippen LogP contribution in [0.25, 0.3) is 28.2 Å². The van der Waals surface area contributed by atoms with Gasteiger partial charge in [-0.2, -0.15) is 0 Å². The summed E-state index contributed by atoms with van der Waals surface area (Å²) < 4.78 is 1.96. The van der Waals surface area contributed by atoms with Crippen LogP contribution < -0.4 is 16.4 Å². The Hall–Kier alpha value is -4.72. The summed E-state index contributed by atoms with van der Waals surface area (Å²) in [6.07, 6.45) is 3.39. The number of carbonyl (C=O) groups is 1. The van der Waals surface area contributed by atoms with E-state index in [1.807, 2.05) is 83.4 Å². The summed E-state index contributed by atoms with van der Waals surface area (Å²) in [5.74, 6) is 1.07. The number of hydrogen-bond acceptors (Lipinski definition) is 5. The highest BCUT2D eigenvalue weighted by Gasteiger charge is 2.17. The number of nitrogens with zero attached hydrogens (tertiary/aromatic N) is 4. The largest absolute Gasteiger partial charge is 0.383 e. The Morgan fingerprint density at radius 2 is 1.64 bits per heavy atom. The second kappa shape index (κ2) is 8.80. The Bertz CT molecular complexity index is 1410. The van der Waals surface area contributed by atoms with E-state index in [0.717, 1.165) is 33.7 Å². The third-order valence-electron chi connectivity index (χ3n) is 5.17. The highest BCUT2D eigenvalue weighted by Crippen LogP contribution is 2.30. The topological polar surface area (TPSA) is 111 Å². The standard InChI is InChI=1S/C25H21N7O/c26-22-20(8-4-14-27-22)23-31-21-9-5-15-28-24(21)32(23)19-12-10-17(11-13-19)16-29-25(33)30-18-6-2-1-3-7-18/h1-15H,16H2,(H2,26,27)(H2,29,30,33). The van der Waals surface area contributed by atoms with Crippen LogP contribution in [0, 0.1) is 0 Å². The highest BCUT2D eigenvalue weighted by atomic mass is 16.2. The van der Waals surface area contributed by atoms with E-state index in [1.54, 1.807) is 12.4 Å². The molecule has 0 atom stereocenters. The number of nitrogens with one attached hydrogen (secondary N) is 2. The molecule has 3 heterocycles. The van der Waals surface area contributed by atoms with Gasteiger partial charge in [0, 0.05) is 30.3 Å². The van der Waals surface area contributed by atoms with Crippen LogP contribution in [-0.2, 0) is 6.54 Å². The summed E-state index contributed by atoms with van der Waals surface area (Å²) >= 11 is 0. The summed E-state index contributed by atoms with van der Waals surface area (Å²) in [7, 11) is 0. The zero-order valence-corrected chi connectivity index (χ0v) is 17.6. The van der Waals surface area contributed by atoms with Crippen LogP contribution in [-0.4, -0.2) is 25.6 Å². The molecule has 8 nitrogen and oxygen atoms in total. The molecule has 0 aliphatic heterocycles. The van der Waals surface area contributed by atoms with Crippen LogP contribution in [0.4, 0.5) is 16.3 Å². The molecule has 0 saturated heterocycles. The second-order valence-electron chi connectivity index (χ2n) is 7.39. The summed E-state index contributed by atoms with van der Waals surface area (Å²) in [6, 6.07) is 24.4. The maximum atomic E-state index is 12.2. The van der Waals surface area contributed by atoms with Crippen molar-refractivity contribution in [2.24, 2.45) is 0 Å². The highest BCUT2D eigenvalue weighted by molar-refractivity contribution is 5.89. The van der Waals surface area contributed by atoms with Crippen molar-refractivity contribution in [2.75, 3.05) is 11.1 Å². The molecule has 162 valence electrons. The zero-order valence-electron chi connectivity index (χ0n) is 17.6. The van der Waals surface area contributed by atoms with Crippen LogP contribution in [0.5, 0.6) is 0 Å². The van der Waals surface area contributed by atoms with E-state index >= 15 is 0 Å². The minimum Gasteiger partial charge on any atom is -0.383 e. The van der Waals surface area contributed by atoms with Gasteiger partial charge in [0.2, 0.25) is 0 Å². The van der Waals surface area contributed by atoms with Gasteiger partial charge < -0.3 is 16.4 Å². The van der Waals surface area contributed by atoms with Crippen molar-refractivity contribution in [3.05, 3.63) is 96.8 Å². The Kier molecular flexibility index (Phi) is 5.38. The number of anilines is 2. The lowest BCUT2D eigenvalue weighted by atomic mass is 10.2. The number of pyridine rings is 2. The van der Waals surface area contributed by atoms with E-state index in [-0.39, 0.29) is 6.03 Å². The fraction of sp³-hybridized carbons (Fsp3) is 0.0400. The number of aromatic nitrogens is 4. The maximum Gasteiger partial charge on any atom is 0.319 e. The summed E-state index contributed by atoms with van der Waals surface area (Å²) in [6.45, 7) is 0.393. The molecule has 33 heavy (non-hydrogen) atoms. The third-order valence-corrected chi connectivity index (χ3v) is 5.17. The van der Waals surface area contributed by atoms with Crippen molar-refractivity contribution in [1.82, 2.24) is 24.8 Å². The molecule has 0 saturated carbocycles. The number of nitrogen functional groups attached to an aromatic ring is 1. The number of hydrogen-bond donors (Lipinski definition) is 3. The van der Waals surface area contributed by atoms with Crippen molar-refractivity contribution in [2.45, 2.75) is 6.54 Å². The van der Waals surface area contributed by atoms with Gasteiger partial charge in [0.15, 0.2) is 11.5 Å². The van der Waals surface area contributed by atoms with Gasteiger partial charge in [0.25, 0.3) is 0 Å². The Morgan fingerprint density at radius 1 is 0.879 bits per heavy atom. The van der Waals surface area contributed by atoms with Crippen molar-refractivity contribution in [3.8, 4) is 17.1 Å². The minimum atomic E-state index is -0.260. The molecule has 0 aliphatic rings. The number of nitrogens with two attached hydrogens (primary N) is 1. The van der Waals surface area contributed by atoms with Crippen LogP contribution in [0.3, 0.4) is 0 Å². The lowest BCUT2D eigenvalue weighted by molar-refractivity contribution is 0.251. The van der Waals surface area contributed by atoms with Crippen molar-refractivity contribution >= 4 is 28.7 Å². The number of amides is 2. The molecular formula is C25H21N7O. The van der Waals surface area contributed by atoms with Crippen LogP contribution in [0.1, 0.15) is 5.56 Å². The quantitative estimate of drug-likeness (QED) is 0.379. The normalized spacial score (nSPS) is 10.8. The molecule has 4 N–H and O–H groups in total. The molecule has 0 bridgehead atoms. The van der Waals surface area contributed by atoms with E-state index < -0.39 is 0 Å². The van der Waals surface area contributed by atoms with E-state index in [2.05, 4.69) is 20.6 Å². The Balaban J connectivity index is 1.40. The smallest absolute Gasteiger partial charge is 0.319 e. The molecule has 2 amide bonds.